The Morgan fingerprint density at radius 1 is 1.24 bits per heavy atom. The predicted molar refractivity (Wildman–Crippen MR) is 122 cm³/mol. The standard InChI is InChI=1S/C22H28N4O6S/c1-2-21(17-5-3-6-18(13-17)26(28)29)25-22(27)23-14-16-8-10-20(11-9-16)33(30,31)24-15-19-7-4-12-32-19/h3,5-6,8-11,13,19,21,24H,2,4,7,12,14-15H2,1H3,(H2,23,25,27)/t19?,21-/m0/s1. The second-order valence-electron chi connectivity index (χ2n) is 7.77. The van der Waals surface area contributed by atoms with Gasteiger partial charge in [0.1, 0.15) is 0 Å². The Hall–Kier alpha value is -3.02. The fraction of sp³-hybridized carbons (Fsp3) is 0.409. The lowest BCUT2D eigenvalue weighted by molar-refractivity contribution is -0.384. The minimum absolute atomic E-state index is 0.0338. The van der Waals surface area contributed by atoms with Gasteiger partial charge >= 0.3 is 6.03 Å². The van der Waals surface area contributed by atoms with E-state index in [1.807, 2.05) is 6.92 Å². The minimum atomic E-state index is -3.63. The van der Waals surface area contributed by atoms with Gasteiger partial charge in [0.25, 0.3) is 5.69 Å². The number of carbonyl (C=O) groups excluding carboxylic acids is 1. The van der Waals surface area contributed by atoms with Gasteiger partial charge in [-0.25, -0.2) is 17.9 Å². The monoisotopic (exact) mass is 476 g/mol. The largest absolute Gasteiger partial charge is 0.377 e. The van der Waals surface area contributed by atoms with E-state index in [1.54, 1.807) is 24.3 Å². The quantitative estimate of drug-likeness (QED) is 0.356. The van der Waals surface area contributed by atoms with Crippen LogP contribution in [0.25, 0.3) is 0 Å². The lowest BCUT2D eigenvalue weighted by atomic mass is 10.0. The average Bonchev–Trinajstić information content (AvgIpc) is 3.34. The van der Waals surface area contributed by atoms with Gasteiger partial charge in [0, 0.05) is 31.8 Å². The van der Waals surface area contributed by atoms with Crippen molar-refractivity contribution in [1.29, 1.82) is 0 Å². The van der Waals surface area contributed by atoms with Crippen LogP contribution in [0, 0.1) is 10.1 Å². The molecule has 0 spiro atoms. The molecule has 1 aliphatic heterocycles. The fourth-order valence-corrected chi connectivity index (χ4v) is 4.61. The Labute approximate surface area is 192 Å². The molecule has 1 aliphatic rings. The zero-order valence-corrected chi connectivity index (χ0v) is 19.1. The summed E-state index contributed by atoms with van der Waals surface area (Å²) in [7, 11) is -3.63. The van der Waals surface area contributed by atoms with Crippen molar-refractivity contribution < 1.29 is 22.9 Å². The van der Waals surface area contributed by atoms with E-state index in [2.05, 4.69) is 15.4 Å². The molecule has 0 aromatic heterocycles. The molecule has 0 radical (unpaired) electrons. The number of rotatable bonds is 10. The number of hydrogen-bond donors (Lipinski definition) is 3. The summed E-state index contributed by atoms with van der Waals surface area (Å²) in [5.41, 5.74) is 1.34. The molecular formula is C22H28N4O6S. The van der Waals surface area contributed by atoms with Crippen molar-refractivity contribution in [1.82, 2.24) is 15.4 Å². The molecule has 1 saturated heterocycles. The normalized spacial score (nSPS) is 16.8. The van der Waals surface area contributed by atoms with E-state index >= 15 is 0 Å². The maximum atomic E-state index is 12.4. The SMILES string of the molecule is CC[C@H](NC(=O)NCc1ccc(S(=O)(=O)NCC2CCCO2)cc1)c1cccc([N+](=O)[O-])c1. The number of urea groups is 1. The van der Waals surface area contributed by atoms with Gasteiger partial charge in [-0.15, -0.1) is 0 Å². The van der Waals surface area contributed by atoms with Crippen molar-refractivity contribution in [2.45, 2.75) is 49.8 Å². The number of benzene rings is 2. The highest BCUT2D eigenvalue weighted by Crippen LogP contribution is 2.21. The highest BCUT2D eigenvalue weighted by atomic mass is 32.2. The number of amides is 2. The number of non-ortho nitro benzene ring substituents is 1. The van der Waals surface area contributed by atoms with Crippen LogP contribution in [0.5, 0.6) is 0 Å². The number of hydrogen-bond acceptors (Lipinski definition) is 6. The first-order chi connectivity index (χ1) is 15.8. The molecule has 10 nitrogen and oxygen atoms in total. The van der Waals surface area contributed by atoms with Crippen LogP contribution in [0.2, 0.25) is 0 Å². The second-order valence-corrected chi connectivity index (χ2v) is 9.54. The van der Waals surface area contributed by atoms with Gasteiger partial charge in [-0.2, -0.15) is 0 Å². The molecule has 2 atom stereocenters. The topological polar surface area (TPSA) is 140 Å². The maximum Gasteiger partial charge on any atom is 0.315 e. The fourth-order valence-electron chi connectivity index (χ4n) is 3.55. The molecule has 3 N–H and O–H groups in total. The van der Waals surface area contributed by atoms with Crippen molar-refractivity contribution in [3.8, 4) is 0 Å². The number of carbonyl (C=O) groups is 1. The summed E-state index contributed by atoms with van der Waals surface area (Å²) >= 11 is 0. The maximum absolute atomic E-state index is 12.4. The van der Waals surface area contributed by atoms with Crippen molar-refractivity contribution in [2.75, 3.05) is 13.2 Å². The molecule has 3 rings (SSSR count). The van der Waals surface area contributed by atoms with Gasteiger partial charge in [-0.05, 0) is 42.5 Å². The van der Waals surface area contributed by atoms with E-state index in [9.17, 15) is 23.3 Å². The van der Waals surface area contributed by atoms with Crippen LogP contribution in [0.4, 0.5) is 10.5 Å². The zero-order chi connectivity index (χ0) is 23.8. The summed E-state index contributed by atoms with van der Waals surface area (Å²) in [5.74, 6) is 0. The molecule has 2 aromatic rings. The number of sulfonamides is 1. The summed E-state index contributed by atoms with van der Waals surface area (Å²) in [6.07, 6.45) is 2.25. The summed E-state index contributed by atoms with van der Waals surface area (Å²) in [6, 6.07) is 11.6. The van der Waals surface area contributed by atoms with E-state index in [1.165, 1.54) is 24.3 Å². The average molecular weight is 477 g/mol. The molecule has 1 heterocycles. The van der Waals surface area contributed by atoms with Gasteiger partial charge < -0.3 is 15.4 Å². The van der Waals surface area contributed by atoms with Crippen molar-refractivity contribution >= 4 is 21.7 Å². The van der Waals surface area contributed by atoms with E-state index in [-0.39, 0.29) is 35.8 Å². The highest BCUT2D eigenvalue weighted by molar-refractivity contribution is 7.89. The number of nitro benzene ring substituents is 1. The van der Waals surface area contributed by atoms with Crippen molar-refractivity contribution in [3.05, 3.63) is 69.8 Å². The molecule has 2 aromatic carbocycles. The van der Waals surface area contributed by atoms with E-state index in [0.29, 0.717) is 18.6 Å². The Kier molecular flexibility index (Phi) is 8.37. The molecule has 0 aliphatic carbocycles. The minimum Gasteiger partial charge on any atom is -0.377 e. The predicted octanol–water partition coefficient (Wildman–Crippen LogP) is 3.00. The second kappa shape index (κ2) is 11.2. The van der Waals surface area contributed by atoms with E-state index < -0.39 is 21.0 Å². The van der Waals surface area contributed by atoms with Gasteiger partial charge in [0.2, 0.25) is 10.0 Å². The third kappa shape index (κ3) is 6.98. The number of nitrogens with one attached hydrogen (secondary N) is 3. The molecule has 11 heteroatoms. The first-order valence-corrected chi connectivity index (χ1v) is 12.3. The number of nitro groups is 1. The lowest BCUT2D eigenvalue weighted by Crippen LogP contribution is -2.37. The summed E-state index contributed by atoms with van der Waals surface area (Å²) in [4.78, 5) is 23.0. The van der Waals surface area contributed by atoms with E-state index in [0.717, 1.165) is 18.4 Å². The molecule has 0 bridgehead atoms. The molecule has 1 fully saturated rings. The van der Waals surface area contributed by atoms with Crippen LogP contribution in [0.3, 0.4) is 0 Å². The molecule has 178 valence electrons. The summed E-state index contributed by atoms with van der Waals surface area (Å²) < 4.78 is 32.9. The third-order valence-electron chi connectivity index (χ3n) is 5.41. The molecule has 0 saturated carbocycles. The molecule has 2 amide bonds. The van der Waals surface area contributed by atoms with E-state index in [4.69, 9.17) is 4.74 Å². The zero-order valence-electron chi connectivity index (χ0n) is 18.3. The Balaban J connectivity index is 1.52. The summed E-state index contributed by atoms with van der Waals surface area (Å²) in [6.45, 7) is 2.97. The van der Waals surface area contributed by atoms with Crippen LogP contribution >= 0.6 is 0 Å². The van der Waals surface area contributed by atoms with Gasteiger partial charge in [-0.1, -0.05) is 31.2 Å². The van der Waals surface area contributed by atoms with Gasteiger partial charge in [-0.3, -0.25) is 10.1 Å². The number of ether oxygens (including phenoxy) is 1. The highest BCUT2D eigenvalue weighted by Gasteiger charge is 2.20. The smallest absolute Gasteiger partial charge is 0.315 e. The summed E-state index contributed by atoms with van der Waals surface area (Å²) in [5, 5.41) is 16.5. The van der Waals surface area contributed by atoms with Gasteiger partial charge in [0.15, 0.2) is 0 Å². The van der Waals surface area contributed by atoms with Crippen LogP contribution < -0.4 is 15.4 Å². The Morgan fingerprint density at radius 3 is 2.64 bits per heavy atom. The van der Waals surface area contributed by atoms with Crippen LogP contribution in [0.15, 0.2) is 53.4 Å². The van der Waals surface area contributed by atoms with Crippen molar-refractivity contribution in [2.24, 2.45) is 0 Å². The molecular weight excluding hydrogens is 448 g/mol. The lowest BCUT2D eigenvalue weighted by Gasteiger charge is -2.18. The van der Waals surface area contributed by atoms with Crippen molar-refractivity contribution in [3.63, 3.8) is 0 Å². The Bertz CT molecular complexity index is 1070. The molecule has 33 heavy (non-hydrogen) atoms. The van der Waals surface area contributed by atoms with Gasteiger partial charge in [0.05, 0.1) is 22.0 Å². The number of nitrogens with zero attached hydrogens (tertiary/aromatic N) is 1. The molecule has 1 unspecified atom stereocenters. The first-order valence-electron chi connectivity index (χ1n) is 10.8. The third-order valence-corrected chi connectivity index (χ3v) is 6.85. The van der Waals surface area contributed by atoms with Crippen LogP contribution in [0.1, 0.15) is 43.4 Å². The Morgan fingerprint density at radius 2 is 2.00 bits per heavy atom. The van der Waals surface area contributed by atoms with Crippen LogP contribution in [-0.4, -0.2) is 38.6 Å². The van der Waals surface area contributed by atoms with Crippen LogP contribution in [-0.2, 0) is 21.3 Å². The first kappa shape index (κ1) is 24.6.